The summed E-state index contributed by atoms with van der Waals surface area (Å²) < 4.78 is 4.76. The molecule has 0 heterocycles. The largest absolute Gasteiger partial charge is 0.465 e. The van der Waals surface area contributed by atoms with E-state index in [0.717, 1.165) is 5.56 Å². The first-order valence-electron chi connectivity index (χ1n) is 5.59. The summed E-state index contributed by atoms with van der Waals surface area (Å²) in [5.74, 6) is -0.456. The molecule has 0 saturated heterocycles. The van der Waals surface area contributed by atoms with E-state index >= 15 is 0 Å². The fourth-order valence-corrected chi connectivity index (χ4v) is 2.36. The van der Waals surface area contributed by atoms with Gasteiger partial charge in [0, 0.05) is 16.7 Å². The Morgan fingerprint density at radius 2 is 1.61 bits per heavy atom. The summed E-state index contributed by atoms with van der Waals surface area (Å²) in [5.41, 5.74) is 3.14. The van der Waals surface area contributed by atoms with Gasteiger partial charge in [0.05, 0.1) is 12.7 Å². The minimum atomic E-state index is -0.420. The monoisotopic (exact) mass is 238 g/mol. The fraction of sp³-hybridized carbons (Fsp3) is 0.0667. The third-order valence-corrected chi connectivity index (χ3v) is 3.16. The molecule has 0 unspecified atom stereocenters. The van der Waals surface area contributed by atoms with Crippen molar-refractivity contribution in [3.63, 3.8) is 0 Å². The highest BCUT2D eigenvalue weighted by Gasteiger charge is 2.30. The Kier molecular flexibility index (Phi) is 2.27. The van der Waals surface area contributed by atoms with E-state index in [9.17, 15) is 9.59 Å². The number of ether oxygens (including phenoxy) is 1. The first kappa shape index (κ1) is 10.7. The van der Waals surface area contributed by atoms with Crippen LogP contribution < -0.4 is 0 Å². The smallest absolute Gasteiger partial charge is 0.338 e. The highest BCUT2D eigenvalue weighted by molar-refractivity contribution is 6.24. The molecule has 2 aromatic rings. The van der Waals surface area contributed by atoms with Crippen LogP contribution in [0, 0.1) is 0 Å². The van der Waals surface area contributed by atoms with Crippen molar-refractivity contribution in [1.82, 2.24) is 0 Å². The van der Waals surface area contributed by atoms with E-state index in [2.05, 4.69) is 0 Å². The van der Waals surface area contributed by atoms with Crippen molar-refractivity contribution >= 4 is 11.8 Å². The van der Waals surface area contributed by atoms with Gasteiger partial charge in [-0.1, -0.05) is 36.4 Å². The van der Waals surface area contributed by atoms with Gasteiger partial charge in [0.2, 0.25) is 0 Å². The lowest BCUT2D eigenvalue weighted by molar-refractivity contribution is 0.0601. The summed E-state index contributed by atoms with van der Waals surface area (Å²) in [6.07, 6.45) is 0. The van der Waals surface area contributed by atoms with E-state index in [1.54, 1.807) is 24.3 Å². The minimum Gasteiger partial charge on any atom is -0.465 e. The maximum atomic E-state index is 12.2. The van der Waals surface area contributed by atoms with Gasteiger partial charge in [-0.2, -0.15) is 0 Å². The Bertz CT molecular complexity index is 671. The van der Waals surface area contributed by atoms with Gasteiger partial charge in [0.15, 0.2) is 5.78 Å². The molecular weight excluding hydrogens is 228 g/mol. The summed E-state index contributed by atoms with van der Waals surface area (Å²) in [6.45, 7) is 0. The summed E-state index contributed by atoms with van der Waals surface area (Å²) in [6, 6.07) is 12.4. The van der Waals surface area contributed by atoms with Gasteiger partial charge in [-0.3, -0.25) is 4.79 Å². The lowest BCUT2D eigenvalue weighted by Gasteiger charge is -2.06. The third-order valence-electron chi connectivity index (χ3n) is 3.16. The topological polar surface area (TPSA) is 43.4 Å². The normalized spacial score (nSPS) is 11.9. The number of methoxy groups -OCH3 is 1. The number of carbonyl (C=O) groups is 2. The van der Waals surface area contributed by atoms with Crippen LogP contribution in [0.5, 0.6) is 0 Å². The second-order valence-corrected chi connectivity index (χ2v) is 4.09. The van der Waals surface area contributed by atoms with E-state index in [1.165, 1.54) is 7.11 Å². The maximum Gasteiger partial charge on any atom is 0.338 e. The summed E-state index contributed by atoms with van der Waals surface area (Å²) >= 11 is 0. The first-order valence-corrected chi connectivity index (χ1v) is 5.59. The van der Waals surface area contributed by atoms with Crippen LogP contribution in [0.2, 0.25) is 0 Å². The molecule has 0 N–H and O–H groups in total. The highest BCUT2D eigenvalue weighted by Crippen LogP contribution is 2.38. The number of esters is 1. The van der Waals surface area contributed by atoms with Gasteiger partial charge in [-0.05, 0) is 11.6 Å². The number of ketones is 1. The highest BCUT2D eigenvalue weighted by atomic mass is 16.5. The zero-order chi connectivity index (χ0) is 12.7. The zero-order valence-corrected chi connectivity index (χ0v) is 9.77. The Morgan fingerprint density at radius 1 is 0.944 bits per heavy atom. The first-order chi connectivity index (χ1) is 8.74. The van der Waals surface area contributed by atoms with Crippen molar-refractivity contribution in [2.75, 3.05) is 7.11 Å². The Hall–Kier alpha value is -2.42. The SMILES string of the molecule is COC(=O)c1cccc2c1-c1ccccc1C2=O. The number of benzene rings is 2. The number of rotatable bonds is 1. The van der Waals surface area contributed by atoms with Crippen molar-refractivity contribution < 1.29 is 14.3 Å². The van der Waals surface area contributed by atoms with Crippen LogP contribution in [-0.4, -0.2) is 18.9 Å². The Balaban J connectivity index is 2.35. The Morgan fingerprint density at radius 3 is 2.33 bits per heavy atom. The van der Waals surface area contributed by atoms with E-state index in [4.69, 9.17) is 4.74 Å². The van der Waals surface area contributed by atoms with Crippen LogP contribution in [0.3, 0.4) is 0 Å². The maximum absolute atomic E-state index is 12.2. The van der Waals surface area contributed by atoms with Crippen molar-refractivity contribution in [1.29, 1.82) is 0 Å². The van der Waals surface area contributed by atoms with Crippen molar-refractivity contribution in [2.45, 2.75) is 0 Å². The van der Waals surface area contributed by atoms with Crippen LogP contribution in [0.4, 0.5) is 0 Å². The van der Waals surface area contributed by atoms with Gasteiger partial charge in [0.25, 0.3) is 0 Å². The van der Waals surface area contributed by atoms with E-state index in [1.807, 2.05) is 18.2 Å². The molecule has 18 heavy (non-hydrogen) atoms. The fourth-order valence-electron chi connectivity index (χ4n) is 2.36. The molecule has 0 aliphatic heterocycles. The molecule has 0 radical (unpaired) electrons. The van der Waals surface area contributed by atoms with Crippen LogP contribution in [0.15, 0.2) is 42.5 Å². The zero-order valence-electron chi connectivity index (χ0n) is 9.77. The van der Waals surface area contributed by atoms with Gasteiger partial charge in [-0.15, -0.1) is 0 Å². The summed E-state index contributed by atoms with van der Waals surface area (Å²) in [4.78, 5) is 24.0. The van der Waals surface area contributed by atoms with E-state index in [-0.39, 0.29) is 5.78 Å². The average Bonchev–Trinajstić information content (AvgIpc) is 2.72. The van der Waals surface area contributed by atoms with Crippen molar-refractivity contribution in [3.05, 3.63) is 59.2 Å². The Labute approximate surface area is 104 Å². The van der Waals surface area contributed by atoms with Gasteiger partial charge in [-0.25, -0.2) is 4.79 Å². The molecule has 0 fully saturated rings. The van der Waals surface area contributed by atoms with E-state index < -0.39 is 5.97 Å². The molecule has 0 atom stereocenters. The quantitative estimate of drug-likeness (QED) is 0.612. The lowest BCUT2D eigenvalue weighted by Crippen LogP contribution is -2.04. The van der Waals surface area contributed by atoms with Gasteiger partial charge >= 0.3 is 5.97 Å². The second kappa shape index (κ2) is 3.81. The number of fused-ring (bicyclic) bond motifs is 3. The molecule has 3 nitrogen and oxygen atoms in total. The molecule has 0 bridgehead atoms. The van der Waals surface area contributed by atoms with Gasteiger partial charge < -0.3 is 4.74 Å². The van der Waals surface area contributed by atoms with Crippen LogP contribution >= 0.6 is 0 Å². The summed E-state index contributed by atoms with van der Waals surface area (Å²) in [7, 11) is 1.34. The van der Waals surface area contributed by atoms with Crippen LogP contribution in [0.25, 0.3) is 11.1 Å². The average molecular weight is 238 g/mol. The van der Waals surface area contributed by atoms with Crippen LogP contribution in [0.1, 0.15) is 26.3 Å². The molecule has 0 aromatic heterocycles. The van der Waals surface area contributed by atoms with Gasteiger partial charge in [0.1, 0.15) is 0 Å². The molecule has 1 aliphatic rings. The number of hydrogen-bond acceptors (Lipinski definition) is 3. The summed E-state index contributed by atoms with van der Waals surface area (Å²) in [5, 5.41) is 0. The van der Waals surface area contributed by atoms with Crippen molar-refractivity contribution in [2.24, 2.45) is 0 Å². The predicted octanol–water partition coefficient (Wildman–Crippen LogP) is 2.68. The van der Waals surface area contributed by atoms with Crippen LogP contribution in [-0.2, 0) is 4.74 Å². The minimum absolute atomic E-state index is 0.0358. The molecule has 1 aliphatic carbocycles. The molecule has 3 rings (SSSR count). The standard InChI is InChI=1S/C15H10O3/c1-18-15(17)12-8-4-7-11-13(12)9-5-2-3-6-10(9)14(11)16/h2-8H,1H3. The molecule has 3 heteroatoms. The molecule has 2 aromatic carbocycles. The molecular formula is C15H10O3. The lowest BCUT2D eigenvalue weighted by atomic mass is 9.99. The molecule has 88 valence electrons. The molecule has 0 saturated carbocycles. The van der Waals surface area contributed by atoms with Crippen molar-refractivity contribution in [3.8, 4) is 11.1 Å². The number of hydrogen-bond donors (Lipinski definition) is 0. The second-order valence-electron chi connectivity index (χ2n) is 4.09. The molecule has 0 spiro atoms. The number of carbonyl (C=O) groups excluding carboxylic acids is 2. The predicted molar refractivity (Wildman–Crippen MR) is 66.7 cm³/mol. The van der Waals surface area contributed by atoms with E-state index in [0.29, 0.717) is 22.3 Å². The molecule has 0 amide bonds. The third kappa shape index (κ3) is 1.31.